The van der Waals surface area contributed by atoms with E-state index in [2.05, 4.69) is 5.32 Å². The van der Waals surface area contributed by atoms with Gasteiger partial charge in [0.05, 0.1) is 11.6 Å². The predicted octanol–water partition coefficient (Wildman–Crippen LogP) is 5.95. The number of para-hydroxylation sites is 1. The molecule has 0 aliphatic rings. The zero-order valence-corrected chi connectivity index (χ0v) is 20.8. The van der Waals surface area contributed by atoms with E-state index in [-0.39, 0.29) is 28.0 Å². The number of nitrogens with zero attached hydrogens (tertiary/aromatic N) is 1. The highest BCUT2D eigenvalue weighted by molar-refractivity contribution is 7.89. The summed E-state index contributed by atoms with van der Waals surface area (Å²) in [6, 6.07) is 19.2. The van der Waals surface area contributed by atoms with Crippen LogP contribution in [0.25, 0.3) is 0 Å². The summed E-state index contributed by atoms with van der Waals surface area (Å²) in [5, 5.41) is 3.23. The van der Waals surface area contributed by atoms with Crippen molar-refractivity contribution in [3.63, 3.8) is 0 Å². The molecule has 0 heterocycles. The summed E-state index contributed by atoms with van der Waals surface area (Å²) in [7, 11) is -4.12. The quantitative estimate of drug-likeness (QED) is 0.391. The normalized spacial score (nSPS) is 11.5. The highest BCUT2D eigenvalue weighted by Gasteiger charge is 2.29. The van der Waals surface area contributed by atoms with Gasteiger partial charge in [-0.15, -0.1) is 0 Å². The van der Waals surface area contributed by atoms with Crippen molar-refractivity contribution in [1.82, 2.24) is 4.31 Å². The first-order chi connectivity index (χ1) is 15.8. The molecule has 0 bridgehead atoms. The lowest BCUT2D eigenvalue weighted by Crippen LogP contribution is -2.38. The largest absolute Gasteiger partial charge is 0.324 e. The smallest absolute Gasteiger partial charge is 0.245 e. The fourth-order valence-corrected chi connectivity index (χ4v) is 5.69. The van der Waals surface area contributed by atoms with Crippen LogP contribution in [0.2, 0.25) is 10.0 Å². The molecular formula is C25H26Cl2N2O3S. The second kappa shape index (κ2) is 11.2. The molecule has 1 amide bonds. The summed E-state index contributed by atoms with van der Waals surface area (Å²) in [4.78, 5) is 13.0. The summed E-state index contributed by atoms with van der Waals surface area (Å²) in [5.41, 5.74) is 3.48. The molecule has 0 spiro atoms. The number of amides is 1. The lowest BCUT2D eigenvalue weighted by Gasteiger charge is -2.23. The van der Waals surface area contributed by atoms with Gasteiger partial charge >= 0.3 is 0 Å². The molecule has 1 N–H and O–H groups in total. The van der Waals surface area contributed by atoms with E-state index in [0.29, 0.717) is 0 Å². The predicted molar refractivity (Wildman–Crippen MR) is 134 cm³/mol. The highest BCUT2D eigenvalue weighted by atomic mass is 35.5. The van der Waals surface area contributed by atoms with Gasteiger partial charge in [-0.25, -0.2) is 8.42 Å². The first-order valence-electron chi connectivity index (χ1n) is 10.7. The van der Waals surface area contributed by atoms with E-state index in [0.717, 1.165) is 39.5 Å². The SMILES string of the molecule is CCc1cccc(CC)c1NC(=O)CN(Cc1ccccc1)S(=O)(=O)c1cc(Cl)ccc1Cl. The number of nitrogens with one attached hydrogen (secondary N) is 1. The molecule has 0 radical (unpaired) electrons. The number of benzene rings is 3. The second-order valence-electron chi connectivity index (χ2n) is 7.54. The van der Waals surface area contributed by atoms with E-state index >= 15 is 0 Å². The minimum absolute atomic E-state index is 0.00942. The van der Waals surface area contributed by atoms with Gasteiger partial charge in [0.25, 0.3) is 0 Å². The van der Waals surface area contributed by atoms with Crippen molar-refractivity contribution in [2.75, 3.05) is 11.9 Å². The van der Waals surface area contributed by atoms with Crippen molar-refractivity contribution in [1.29, 1.82) is 0 Å². The van der Waals surface area contributed by atoms with E-state index in [9.17, 15) is 13.2 Å². The third kappa shape index (κ3) is 6.15. The van der Waals surface area contributed by atoms with Gasteiger partial charge in [-0.3, -0.25) is 4.79 Å². The zero-order chi connectivity index (χ0) is 24.0. The number of hydrogen-bond acceptors (Lipinski definition) is 3. The maximum absolute atomic E-state index is 13.5. The van der Waals surface area contributed by atoms with E-state index in [4.69, 9.17) is 23.2 Å². The van der Waals surface area contributed by atoms with Gasteiger partial charge in [0.15, 0.2) is 0 Å². The first-order valence-corrected chi connectivity index (χ1v) is 12.9. The maximum Gasteiger partial charge on any atom is 0.245 e. The molecule has 0 saturated carbocycles. The fourth-order valence-electron chi connectivity index (χ4n) is 3.57. The minimum Gasteiger partial charge on any atom is -0.324 e. The van der Waals surface area contributed by atoms with Crippen LogP contribution in [0.15, 0.2) is 71.6 Å². The van der Waals surface area contributed by atoms with Gasteiger partial charge in [-0.05, 0) is 47.7 Å². The van der Waals surface area contributed by atoms with E-state index < -0.39 is 15.9 Å². The number of carbonyl (C=O) groups excluding carboxylic acids is 1. The summed E-state index contributed by atoms with van der Waals surface area (Å²) in [6.45, 7) is 3.66. The Kier molecular flexibility index (Phi) is 8.54. The summed E-state index contributed by atoms with van der Waals surface area (Å²) in [5.74, 6) is -0.428. The highest BCUT2D eigenvalue weighted by Crippen LogP contribution is 2.29. The van der Waals surface area contributed by atoms with Crippen LogP contribution < -0.4 is 5.32 Å². The Labute approximate surface area is 205 Å². The molecule has 0 aliphatic heterocycles. The zero-order valence-electron chi connectivity index (χ0n) is 18.5. The Morgan fingerprint density at radius 2 is 1.55 bits per heavy atom. The van der Waals surface area contributed by atoms with Crippen LogP contribution in [-0.2, 0) is 34.2 Å². The summed E-state index contributed by atoms with van der Waals surface area (Å²) >= 11 is 12.3. The molecule has 3 aromatic rings. The molecule has 3 rings (SSSR count). The van der Waals surface area contributed by atoms with E-state index in [1.165, 1.54) is 18.2 Å². The van der Waals surface area contributed by atoms with Crippen molar-refractivity contribution >= 4 is 44.8 Å². The van der Waals surface area contributed by atoms with E-state index in [1.54, 1.807) is 0 Å². The summed E-state index contributed by atoms with van der Waals surface area (Å²) in [6.07, 6.45) is 1.49. The van der Waals surface area contributed by atoms with Crippen molar-refractivity contribution in [3.8, 4) is 0 Å². The third-order valence-electron chi connectivity index (χ3n) is 5.30. The van der Waals surface area contributed by atoms with Gasteiger partial charge in [-0.1, -0.05) is 85.6 Å². The lowest BCUT2D eigenvalue weighted by molar-refractivity contribution is -0.116. The van der Waals surface area contributed by atoms with Crippen molar-refractivity contribution in [2.45, 2.75) is 38.1 Å². The van der Waals surface area contributed by atoms with Crippen molar-refractivity contribution in [3.05, 3.63) is 93.5 Å². The molecule has 0 atom stereocenters. The van der Waals surface area contributed by atoms with Gasteiger partial charge in [0.2, 0.25) is 15.9 Å². The Morgan fingerprint density at radius 1 is 0.909 bits per heavy atom. The molecular weight excluding hydrogens is 479 g/mol. The average molecular weight is 505 g/mol. The van der Waals surface area contributed by atoms with Crippen LogP contribution in [0, 0.1) is 0 Å². The number of aryl methyl sites for hydroxylation is 2. The molecule has 174 valence electrons. The third-order valence-corrected chi connectivity index (χ3v) is 7.80. The second-order valence-corrected chi connectivity index (χ2v) is 10.3. The van der Waals surface area contributed by atoms with Gasteiger partial charge in [0, 0.05) is 17.3 Å². The first kappa shape index (κ1) is 25.2. The molecule has 0 saturated heterocycles. The van der Waals surface area contributed by atoms with Gasteiger partial charge in [0.1, 0.15) is 4.90 Å². The Balaban J connectivity index is 1.96. The molecule has 33 heavy (non-hydrogen) atoms. The van der Waals surface area contributed by atoms with Crippen molar-refractivity contribution < 1.29 is 13.2 Å². The molecule has 8 heteroatoms. The molecule has 0 aromatic heterocycles. The fraction of sp³-hybridized carbons (Fsp3) is 0.240. The molecule has 5 nitrogen and oxygen atoms in total. The van der Waals surface area contributed by atoms with Crippen LogP contribution in [0.4, 0.5) is 5.69 Å². The average Bonchev–Trinajstić information content (AvgIpc) is 2.80. The number of halogens is 2. The Bertz CT molecular complexity index is 1210. The van der Waals surface area contributed by atoms with Crippen LogP contribution in [-0.4, -0.2) is 25.2 Å². The van der Waals surface area contributed by atoms with Crippen LogP contribution >= 0.6 is 23.2 Å². The monoisotopic (exact) mass is 504 g/mol. The van der Waals surface area contributed by atoms with Crippen LogP contribution in [0.1, 0.15) is 30.5 Å². The number of anilines is 1. The Hall–Kier alpha value is -2.38. The topological polar surface area (TPSA) is 66.5 Å². The molecule has 0 unspecified atom stereocenters. The van der Waals surface area contributed by atoms with Gasteiger partial charge in [-0.2, -0.15) is 4.31 Å². The molecule has 0 fully saturated rings. The standard InChI is InChI=1S/C25H26Cl2N2O3S/c1-3-19-11-8-12-20(4-2)25(19)28-24(30)17-29(16-18-9-6-5-7-10-18)33(31,32)23-15-21(26)13-14-22(23)27/h5-15H,3-4,16-17H2,1-2H3,(H,28,30). The molecule has 3 aromatic carbocycles. The number of hydrogen-bond donors (Lipinski definition) is 1. The number of carbonyl (C=O) groups is 1. The Morgan fingerprint density at radius 3 is 2.15 bits per heavy atom. The minimum atomic E-state index is -4.12. The van der Waals surface area contributed by atoms with E-state index in [1.807, 2.05) is 62.4 Å². The maximum atomic E-state index is 13.5. The van der Waals surface area contributed by atoms with Crippen LogP contribution in [0.3, 0.4) is 0 Å². The number of sulfonamides is 1. The lowest BCUT2D eigenvalue weighted by atomic mass is 10.0. The van der Waals surface area contributed by atoms with Gasteiger partial charge < -0.3 is 5.32 Å². The van der Waals surface area contributed by atoms with Crippen LogP contribution in [0.5, 0.6) is 0 Å². The molecule has 0 aliphatic carbocycles. The summed E-state index contributed by atoms with van der Waals surface area (Å²) < 4.78 is 28.2. The van der Waals surface area contributed by atoms with Crippen molar-refractivity contribution in [2.24, 2.45) is 0 Å². The number of rotatable bonds is 9.